The van der Waals surface area contributed by atoms with Crippen LogP contribution in [0.5, 0.6) is 0 Å². The van der Waals surface area contributed by atoms with Gasteiger partial charge in [-0.25, -0.2) is 4.68 Å². The largest absolute Gasteiger partial charge is 0.352 e. The molecule has 1 saturated heterocycles. The normalized spacial score (nSPS) is 16.5. The van der Waals surface area contributed by atoms with Gasteiger partial charge in [0, 0.05) is 31.7 Å². The molecular weight excluding hydrogens is 424 g/mol. The van der Waals surface area contributed by atoms with E-state index in [1.165, 1.54) is 0 Å². The zero-order valence-electron chi connectivity index (χ0n) is 19.3. The summed E-state index contributed by atoms with van der Waals surface area (Å²) in [5, 5.41) is 15.6. The summed E-state index contributed by atoms with van der Waals surface area (Å²) in [4.78, 5) is 17.1. The first-order valence-corrected chi connectivity index (χ1v) is 11.8. The number of amides is 1. The minimum absolute atomic E-state index is 0.0248. The quantitative estimate of drug-likeness (QED) is 0.546. The zero-order chi connectivity index (χ0) is 22.8. The molecule has 0 spiro atoms. The van der Waals surface area contributed by atoms with Gasteiger partial charge in [0.05, 0.1) is 28.4 Å². The summed E-state index contributed by atoms with van der Waals surface area (Å²) < 4.78 is 1.92. The van der Waals surface area contributed by atoms with Crippen LogP contribution in [-0.4, -0.2) is 57.5 Å². The second-order valence-electron chi connectivity index (χ2n) is 8.70. The number of aromatic nitrogens is 4. The number of benzene rings is 1. The number of fused-ring (bicyclic) bond motifs is 1. The van der Waals surface area contributed by atoms with Crippen LogP contribution < -0.4 is 4.90 Å². The van der Waals surface area contributed by atoms with Crippen LogP contribution in [0.1, 0.15) is 44.0 Å². The lowest BCUT2D eigenvalue weighted by Gasteiger charge is -2.34. The van der Waals surface area contributed by atoms with E-state index in [9.17, 15) is 4.79 Å². The number of piperidine rings is 1. The second kappa shape index (κ2) is 9.45. The Morgan fingerprint density at radius 2 is 1.97 bits per heavy atom. The van der Waals surface area contributed by atoms with Crippen LogP contribution in [0.3, 0.4) is 0 Å². The number of hydrogen-bond acceptors (Lipinski definition) is 5. The molecule has 1 aliphatic heterocycles. The van der Waals surface area contributed by atoms with E-state index < -0.39 is 0 Å². The SMILES string of the molecule is CCCCN(C)C(=O)C1CCCN(c2nnc(C)c3c(C)n(-c4ccc(Cl)cc4)nc23)C1. The molecular formula is C24H31ClN6O. The molecule has 1 unspecified atom stereocenters. The molecule has 1 fully saturated rings. The van der Waals surface area contributed by atoms with Gasteiger partial charge in [-0.15, -0.1) is 5.10 Å². The highest BCUT2D eigenvalue weighted by Gasteiger charge is 2.30. The highest BCUT2D eigenvalue weighted by molar-refractivity contribution is 6.30. The smallest absolute Gasteiger partial charge is 0.227 e. The Hall–Kier alpha value is -2.67. The van der Waals surface area contributed by atoms with Gasteiger partial charge in [-0.1, -0.05) is 24.9 Å². The molecule has 0 bridgehead atoms. The minimum Gasteiger partial charge on any atom is -0.352 e. The van der Waals surface area contributed by atoms with Crippen molar-refractivity contribution < 1.29 is 4.79 Å². The Kier molecular flexibility index (Phi) is 6.65. The Morgan fingerprint density at radius 3 is 2.69 bits per heavy atom. The Balaban J connectivity index is 1.67. The molecule has 0 saturated carbocycles. The van der Waals surface area contributed by atoms with Crippen molar-refractivity contribution in [3.05, 3.63) is 40.7 Å². The fourth-order valence-electron chi connectivity index (χ4n) is 4.55. The molecule has 1 atom stereocenters. The number of halogens is 1. The van der Waals surface area contributed by atoms with Gasteiger partial charge in [-0.05, 0) is 57.4 Å². The number of unbranched alkanes of at least 4 members (excludes halogenated alkanes) is 1. The van der Waals surface area contributed by atoms with Gasteiger partial charge >= 0.3 is 0 Å². The number of aryl methyl sites for hydroxylation is 2. The van der Waals surface area contributed by atoms with Crippen LogP contribution in [0.2, 0.25) is 5.02 Å². The minimum atomic E-state index is -0.0248. The monoisotopic (exact) mass is 454 g/mol. The third kappa shape index (κ3) is 4.31. The zero-order valence-corrected chi connectivity index (χ0v) is 20.1. The molecule has 0 radical (unpaired) electrons. The summed E-state index contributed by atoms with van der Waals surface area (Å²) in [6, 6.07) is 7.64. The van der Waals surface area contributed by atoms with Crippen molar-refractivity contribution in [3.8, 4) is 5.69 Å². The maximum atomic E-state index is 13.0. The summed E-state index contributed by atoms with van der Waals surface area (Å²) in [5.74, 6) is 0.959. The highest BCUT2D eigenvalue weighted by Crippen LogP contribution is 2.32. The van der Waals surface area contributed by atoms with E-state index in [2.05, 4.69) is 22.0 Å². The second-order valence-corrected chi connectivity index (χ2v) is 9.14. The summed E-state index contributed by atoms with van der Waals surface area (Å²) >= 11 is 6.07. The predicted molar refractivity (Wildman–Crippen MR) is 129 cm³/mol. The molecule has 0 aliphatic carbocycles. The van der Waals surface area contributed by atoms with Crippen molar-refractivity contribution in [2.75, 3.05) is 31.6 Å². The number of anilines is 1. The number of hydrogen-bond donors (Lipinski definition) is 0. The molecule has 1 amide bonds. The predicted octanol–water partition coefficient (Wildman–Crippen LogP) is 4.56. The maximum absolute atomic E-state index is 13.0. The van der Waals surface area contributed by atoms with Gasteiger partial charge in [-0.2, -0.15) is 10.2 Å². The van der Waals surface area contributed by atoms with Gasteiger partial charge in [0.1, 0.15) is 5.52 Å². The average molecular weight is 455 g/mol. The fourth-order valence-corrected chi connectivity index (χ4v) is 4.67. The first-order chi connectivity index (χ1) is 15.4. The third-order valence-corrected chi connectivity index (χ3v) is 6.60. The third-order valence-electron chi connectivity index (χ3n) is 6.35. The van der Waals surface area contributed by atoms with Gasteiger partial charge in [0.15, 0.2) is 5.82 Å². The van der Waals surface area contributed by atoms with Crippen LogP contribution in [0.25, 0.3) is 16.6 Å². The van der Waals surface area contributed by atoms with E-state index in [-0.39, 0.29) is 11.8 Å². The molecule has 8 heteroatoms. The van der Waals surface area contributed by atoms with E-state index in [1.54, 1.807) is 0 Å². The Labute approximate surface area is 194 Å². The van der Waals surface area contributed by atoms with Crippen LogP contribution in [0.15, 0.2) is 24.3 Å². The number of carbonyl (C=O) groups excluding carboxylic acids is 1. The molecule has 4 rings (SSSR count). The molecule has 3 heterocycles. The summed E-state index contributed by atoms with van der Waals surface area (Å²) in [5.41, 5.74) is 3.64. The van der Waals surface area contributed by atoms with Crippen LogP contribution >= 0.6 is 11.6 Å². The Morgan fingerprint density at radius 1 is 1.22 bits per heavy atom. The van der Waals surface area contributed by atoms with Crippen LogP contribution in [0, 0.1) is 19.8 Å². The van der Waals surface area contributed by atoms with Crippen molar-refractivity contribution in [1.29, 1.82) is 0 Å². The van der Waals surface area contributed by atoms with E-state index in [4.69, 9.17) is 16.7 Å². The van der Waals surface area contributed by atoms with E-state index in [0.29, 0.717) is 11.6 Å². The summed E-state index contributed by atoms with van der Waals surface area (Å²) in [6.45, 7) is 8.47. The molecule has 170 valence electrons. The number of carbonyl (C=O) groups is 1. The van der Waals surface area contributed by atoms with Crippen LogP contribution in [-0.2, 0) is 4.79 Å². The molecule has 3 aromatic rings. The summed E-state index contributed by atoms with van der Waals surface area (Å²) in [7, 11) is 1.91. The first-order valence-electron chi connectivity index (χ1n) is 11.4. The van der Waals surface area contributed by atoms with Gasteiger partial charge in [0.2, 0.25) is 5.91 Å². The lowest BCUT2D eigenvalue weighted by molar-refractivity contribution is -0.134. The highest BCUT2D eigenvalue weighted by atomic mass is 35.5. The summed E-state index contributed by atoms with van der Waals surface area (Å²) in [6.07, 6.45) is 3.98. The van der Waals surface area contributed by atoms with E-state index >= 15 is 0 Å². The van der Waals surface area contributed by atoms with E-state index in [0.717, 1.165) is 72.6 Å². The number of nitrogens with zero attached hydrogens (tertiary/aromatic N) is 6. The van der Waals surface area contributed by atoms with Gasteiger partial charge in [-0.3, -0.25) is 4.79 Å². The maximum Gasteiger partial charge on any atom is 0.227 e. The van der Waals surface area contributed by atoms with E-state index in [1.807, 2.05) is 54.7 Å². The molecule has 0 N–H and O–H groups in total. The molecule has 2 aromatic heterocycles. The van der Waals surface area contributed by atoms with Gasteiger partial charge in [0.25, 0.3) is 0 Å². The lowest BCUT2D eigenvalue weighted by atomic mass is 9.96. The topological polar surface area (TPSA) is 67.2 Å². The average Bonchev–Trinajstić information content (AvgIpc) is 3.15. The fraction of sp³-hybridized carbons (Fsp3) is 0.500. The van der Waals surface area contributed by atoms with Crippen molar-refractivity contribution in [2.45, 2.75) is 46.5 Å². The van der Waals surface area contributed by atoms with Crippen molar-refractivity contribution >= 4 is 34.2 Å². The molecule has 1 aromatic carbocycles. The van der Waals surface area contributed by atoms with Crippen molar-refractivity contribution in [1.82, 2.24) is 24.9 Å². The molecule has 7 nitrogen and oxygen atoms in total. The lowest BCUT2D eigenvalue weighted by Crippen LogP contribution is -2.44. The molecule has 32 heavy (non-hydrogen) atoms. The van der Waals surface area contributed by atoms with Crippen LogP contribution in [0.4, 0.5) is 5.82 Å². The standard InChI is InChI=1S/C24H31ClN6O/c1-5-6-13-29(4)24(32)18-8-7-14-30(15-18)23-22-21(16(2)26-27-23)17(3)31(28-22)20-11-9-19(25)10-12-20/h9-12,18H,5-8,13-15H2,1-4H3. The number of rotatable bonds is 6. The molecule has 1 aliphatic rings. The van der Waals surface area contributed by atoms with Crippen molar-refractivity contribution in [3.63, 3.8) is 0 Å². The van der Waals surface area contributed by atoms with Crippen molar-refractivity contribution in [2.24, 2.45) is 5.92 Å². The van der Waals surface area contributed by atoms with Gasteiger partial charge < -0.3 is 9.80 Å². The first kappa shape index (κ1) is 22.5. The Bertz CT molecular complexity index is 1110.